The van der Waals surface area contributed by atoms with Gasteiger partial charge < -0.3 is 9.47 Å². The van der Waals surface area contributed by atoms with Gasteiger partial charge in [0.25, 0.3) is 0 Å². The Bertz CT molecular complexity index is 751. The summed E-state index contributed by atoms with van der Waals surface area (Å²) in [4.78, 5) is 8.42. The van der Waals surface area contributed by atoms with E-state index in [9.17, 15) is 0 Å². The molecule has 1 unspecified atom stereocenters. The third-order valence-electron chi connectivity index (χ3n) is 3.47. The normalized spacial score (nSPS) is 16.2. The monoisotopic (exact) mass is 307 g/mol. The summed E-state index contributed by atoms with van der Waals surface area (Å²) in [6, 6.07) is 13.9. The molecule has 0 spiro atoms. The van der Waals surface area contributed by atoms with Crippen molar-refractivity contribution in [2.45, 2.75) is 32.5 Å². The van der Waals surface area contributed by atoms with Crippen molar-refractivity contribution in [1.82, 2.24) is 9.97 Å². The van der Waals surface area contributed by atoms with Gasteiger partial charge in [-0.1, -0.05) is 43.7 Å². The Morgan fingerprint density at radius 3 is 2.78 bits per heavy atom. The fourth-order valence-corrected chi connectivity index (χ4v) is 2.41. The summed E-state index contributed by atoms with van der Waals surface area (Å²) < 4.78 is 11.4. The lowest BCUT2D eigenvalue weighted by molar-refractivity contribution is -0.0138. The van der Waals surface area contributed by atoms with Crippen LogP contribution in [0.1, 0.15) is 36.1 Å². The average molecular weight is 307 g/mol. The predicted octanol–water partition coefficient (Wildman–Crippen LogP) is 3.21. The van der Waals surface area contributed by atoms with E-state index in [4.69, 9.17) is 14.7 Å². The maximum Gasteiger partial charge on any atom is 0.244 e. The van der Waals surface area contributed by atoms with Crippen LogP contribution in [0.15, 0.2) is 42.7 Å². The van der Waals surface area contributed by atoms with E-state index in [0.717, 1.165) is 24.1 Å². The first-order valence-electron chi connectivity index (χ1n) is 7.63. The van der Waals surface area contributed by atoms with E-state index < -0.39 is 0 Å². The summed E-state index contributed by atoms with van der Waals surface area (Å²) in [6.45, 7) is 2.07. The molecule has 116 valence electrons. The highest BCUT2D eigenvalue weighted by molar-refractivity contribution is 5.57. The van der Waals surface area contributed by atoms with E-state index >= 15 is 0 Å². The number of rotatable bonds is 5. The molecule has 23 heavy (non-hydrogen) atoms. The number of ether oxygens (including phenoxy) is 2. The highest BCUT2D eigenvalue weighted by Crippen LogP contribution is 2.25. The Morgan fingerprint density at radius 2 is 2.04 bits per heavy atom. The van der Waals surface area contributed by atoms with Gasteiger partial charge in [0.2, 0.25) is 12.1 Å². The van der Waals surface area contributed by atoms with Gasteiger partial charge in [-0.3, -0.25) is 0 Å². The van der Waals surface area contributed by atoms with Crippen LogP contribution in [0.5, 0.6) is 0 Å². The minimum atomic E-state index is -0.373. The third kappa shape index (κ3) is 3.67. The molecule has 0 saturated carbocycles. The van der Waals surface area contributed by atoms with Crippen molar-refractivity contribution in [3.8, 4) is 6.07 Å². The molecule has 0 saturated heterocycles. The number of hydrogen-bond acceptors (Lipinski definition) is 5. The Kier molecular flexibility index (Phi) is 4.53. The van der Waals surface area contributed by atoms with Crippen LogP contribution in [0, 0.1) is 11.3 Å². The Balaban J connectivity index is 1.73. The topological polar surface area (TPSA) is 68.0 Å². The molecule has 1 atom stereocenters. The minimum absolute atomic E-state index is 0.155. The van der Waals surface area contributed by atoms with E-state index in [1.165, 1.54) is 0 Å². The molecular formula is C18H17N3O2. The molecule has 3 rings (SSSR count). The zero-order valence-electron chi connectivity index (χ0n) is 12.9. The lowest BCUT2D eigenvalue weighted by Gasteiger charge is -2.12. The summed E-state index contributed by atoms with van der Waals surface area (Å²) in [7, 11) is 0. The second-order valence-corrected chi connectivity index (χ2v) is 5.29. The molecule has 5 heteroatoms. The van der Waals surface area contributed by atoms with Crippen molar-refractivity contribution in [2.24, 2.45) is 0 Å². The van der Waals surface area contributed by atoms with Crippen molar-refractivity contribution in [1.29, 1.82) is 5.26 Å². The minimum Gasteiger partial charge on any atom is -0.458 e. The molecule has 0 radical (unpaired) electrons. The fraction of sp³-hybridized carbons (Fsp3) is 0.278. The summed E-state index contributed by atoms with van der Waals surface area (Å²) in [5, 5.41) is 9.08. The van der Waals surface area contributed by atoms with Gasteiger partial charge in [-0.15, -0.1) is 0 Å². The van der Waals surface area contributed by atoms with Gasteiger partial charge in [-0.2, -0.15) is 5.26 Å². The molecule has 2 heterocycles. The van der Waals surface area contributed by atoms with Crippen molar-refractivity contribution >= 4 is 5.76 Å². The highest BCUT2D eigenvalue weighted by atomic mass is 16.7. The zero-order chi connectivity index (χ0) is 16.1. The molecule has 0 amide bonds. The van der Waals surface area contributed by atoms with E-state index in [1.807, 2.05) is 42.5 Å². The molecule has 0 fully saturated rings. The number of benzene rings is 1. The largest absolute Gasteiger partial charge is 0.458 e. The summed E-state index contributed by atoms with van der Waals surface area (Å²) in [5.74, 6) is 0.698. The average Bonchev–Trinajstić information content (AvgIpc) is 3.04. The van der Waals surface area contributed by atoms with Crippen LogP contribution in [0.3, 0.4) is 0 Å². The third-order valence-corrected chi connectivity index (χ3v) is 3.47. The molecule has 0 bridgehead atoms. The number of hydrogen-bond donors (Lipinski definition) is 0. The first kappa shape index (κ1) is 15.0. The van der Waals surface area contributed by atoms with E-state index in [2.05, 4.69) is 16.9 Å². The first-order valence-corrected chi connectivity index (χ1v) is 7.63. The molecule has 1 aromatic carbocycles. The standard InChI is InChI=1S/C18H17N3O2/c1-2-6-14-10-15(21-17(11-19)20-14)16-12-22-18(23-16)9-13-7-4-3-5-8-13/h3-5,7-8,10,12,18H,2,6,9H2,1H3. The van der Waals surface area contributed by atoms with E-state index in [0.29, 0.717) is 17.9 Å². The van der Waals surface area contributed by atoms with Crippen LogP contribution in [0.2, 0.25) is 0 Å². The molecule has 1 aromatic heterocycles. The van der Waals surface area contributed by atoms with Crippen molar-refractivity contribution in [3.05, 3.63) is 65.4 Å². The van der Waals surface area contributed by atoms with Crippen LogP contribution in [0.25, 0.3) is 5.76 Å². The quantitative estimate of drug-likeness (QED) is 0.848. The summed E-state index contributed by atoms with van der Waals surface area (Å²) in [5.41, 5.74) is 2.57. The van der Waals surface area contributed by atoms with Gasteiger partial charge in [0.05, 0.1) is 0 Å². The smallest absolute Gasteiger partial charge is 0.244 e. The highest BCUT2D eigenvalue weighted by Gasteiger charge is 2.23. The second kappa shape index (κ2) is 6.93. The number of aryl methyl sites for hydroxylation is 1. The fourth-order valence-electron chi connectivity index (χ4n) is 2.41. The van der Waals surface area contributed by atoms with Crippen LogP contribution in [0.4, 0.5) is 0 Å². The lowest BCUT2D eigenvalue weighted by atomic mass is 10.1. The number of aromatic nitrogens is 2. The lowest BCUT2D eigenvalue weighted by Crippen LogP contribution is -2.12. The van der Waals surface area contributed by atoms with E-state index in [1.54, 1.807) is 6.26 Å². The van der Waals surface area contributed by atoms with Gasteiger partial charge >= 0.3 is 0 Å². The van der Waals surface area contributed by atoms with Gasteiger partial charge in [0.15, 0.2) is 5.76 Å². The van der Waals surface area contributed by atoms with Crippen molar-refractivity contribution in [3.63, 3.8) is 0 Å². The molecule has 1 aliphatic rings. The first-order chi connectivity index (χ1) is 11.3. The second-order valence-electron chi connectivity index (χ2n) is 5.29. The van der Waals surface area contributed by atoms with Gasteiger partial charge in [-0.05, 0) is 18.1 Å². The Hall–Kier alpha value is -2.87. The molecule has 2 aromatic rings. The van der Waals surface area contributed by atoms with Crippen LogP contribution >= 0.6 is 0 Å². The number of nitriles is 1. The molecule has 5 nitrogen and oxygen atoms in total. The summed E-state index contributed by atoms with van der Waals surface area (Å²) >= 11 is 0. The SMILES string of the molecule is CCCc1cc(C2=COC(Cc3ccccc3)O2)nc(C#N)n1. The maximum atomic E-state index is 9.08. The zero-order valence-corrected chi connectivity index (χ0v) is 12.9. The molecule has 1 aliphatic heterocycles. The van der Waals surface area contributed by atoms with Crippen molar-refractivity contribution < 1.29 is 9.47 Å². The van der Waals surface area contributed by atoms with Gasteiger partial charge in [0.1, 0.15) is 18.0 Å². The van der Waals surface area contributed by atoms with Crippen LogP contribution in [-0.4, -0.2) is 16.3 Å². The molecule has 0 aliphatic carbocycles. The summed E-state index contributed by atoms with van der Waals surface area (Å²) in [6.07, 6.45) is 3.59. The Morgan fingerprint density at radius 1 is 1.22 bits per heavy atom. The van der Waals surface area contributed by atoms with Crippen molar-refractivity contribution in [2.75, 3.05) is 0 Å². The predicted molar refractivity (Wildman–Crippen MR) is 84.8 cm³/mol. The Labute approximate surface area is 135 Å². The van der Waals surface area contributed by atoms with Gasteiger partial charge in [0, 0.05) is 12.1 Å². The molecular weight excluding hydrogens is 290 g/mol. The van der Waals surface area contributed by atoms with E-state index in [-0.39, 0.29) is 12.1 Å². The van der Waals surface area contributed by atoms with Crippen LogP contribution in [-0.2, 0) is 22.3 Å². The maximum absolute atomic E-state index is 9.08. The number of nitrogens with zero attached hydrogens (tertiary/aromatic N) is 3. The van der Waals surface area contributed by atoms with Gasteiger partial charge in [-0.25, -0.2) is 9.97 Å². The van der Waals surface area contributed by atoms with Crippen LogP contribution < -0.4 is 0 Å². The molecule has 0 N–H and O–H groups in total.